The molecule has 0 fully saturated rings. The number of thioether (sulfide) groups is 1. The molecule has 0 aliphatic carbocycles. The Hall–Kier alpha value is -2.27. The maximum atomic E-state index is 13.0. The first-order chi connectivity index (χ1) is 13.4. The summed E-state index contributed by atoms with van der Waals surface area (Å²) in [5, 5.41) is 2.61. The van der Waals surface area contributed by atoms with E-state index in [0.29, 0.717) is 6.54 Å². The zero-order valence-corrected chi connectivity index (χ0v) is 18.0. The van der Waals surface area contributed by atoms with E-state index in [2.05, 4.69) is 19.2 Å². The van der Waals surface area contributed by atoms with Crippen LogP contribution < -0.4 is 5.32 Å². The highest BCUT2D eigenvalue weighted by Gasteiger charge is 2.25. The summed E-state index contributed by atoms with van der Waals surface area (Å²) in [5.74, 6) is 0.235. The highest BCUT2D eigenvalue weighted by molar-refractivity contribution is 8.01. The van der Waals surface area contributed by atoms with E-state index in [-0.39, 0.29) is 28.9 Å². The molecule has 0 radical (unpaired) electrons. The van der Waals surface area contributed by atoms with Crippen LogP contribution in [0.15, 0.2) is 54.6 Å². The molecule has 0 aliphatic rings. The minimum atomic E-state index is -0.276. The number of aryl methyl sites for hydroxylation is 1. The van der Waals surface area contributed by atoms with Crippen LogP contribution in [0.4, 0.5) is 5.69 Å². The topological polar surface area (TPSA) is 49.4 Å². The average Bonchev–Trinajstić information content (AvgIpc) is 2.71. The zero-order valence-electron chi connectivity index (χ0n) is 17.1. The number of carbonyl (C=O) groups excluding carboxylic acids is 2. The van der Waals surface area contributed by atoms with Gasteiger partial charge in [-0.15, -0.1) is 11.8 Å². The van der Waals surface area contributed by atoms with Gasteiger partial charge in [-0.1, -0.05) is 55.0 Å². The van der Waals surface area contributed by atoms with Crippen LogP contribution in [0, 0.1) is 6.92 Å². The lowest BCUT2D eigenvalue weighted by Crippen LogP contribution is -2.42. The number of hydrogen-bond donors (Lipinski definition) is 1. The fourth-order valence-electron chi connectivity index (χ4n) is 2.79. The molecular formula is C23H30N2O2S. The molecule has 4 nitrogen and oxygen atoms in total. The Morgan fingerprint density at radius 1 is 1.04 bits per heavy atom. The maximum Gasteiger partial charge on any atom is 0.235 e. The molecule has 0 saturated carbocycles. The number of hydrogen-bond acceptors (Lipinski definition) is 3. The number of anilines is 1. The standard InChI is InChI=1S/C23H30N2O2S/c1-5-18(3)25(15-20-9-7-6-8-10-20)23(27)19(4)28-16-22(26)24-21-13-11-17(2)12-14-21/h6-14,18-19H,5,15-16H2,1-4H3,(H,24,26). The average molecular weight is 399 g/mol. The summed E-state index contributed by atoms with van der Waals surface area (Å²) < 4.78 is 0. The first-order valence-corrected chi connectivity index (χ1v) is 10.8. The second-order valence-corrected chi connectivity index (χ2v) is 8.41. The third-order valence-corrected chi connectivity index (χ3v) is 5.88. The molecule has 5 heteroatoms. The van der Waals surface area contributed by atoms with Gasteiger partial charge in [0.2, 0.25) is 11.8 Å². The van der Waals surface area contributed by atoms with Crippen LogP contribution in [-0.4, -0.2) is 33.8 Å². The number of carbonyl (C=O) groups is 2. The summed E-state index contributed by atoms with van der Waals surface area (Å²) in [4.78, 5) is 27.2. The largest absolute Gasteiger partial charge is 0.335 e. The Kier molecular flexibility index (Phi) is 8.58. The van der Waals surface area contributed by atoms with E-state index >= 15 is 0 Å². The fraction of sp³-hybridized carbons (Fsp3) is 0.391. The molecule has 0 bridgehead atoms. The van der Waals surface area contributed by atoms with Gasteiger partial charge in [0.15, 0.2) is 0 Å². The Balaban J connectivity index is 1.92. The van der Waals surface area contributed by atoms with E-state index in [1.54, 1.807) is 0 Å². The van der Waals surface area contributed by atoms with Crippen LogP contribution in [0.1, 0.15) is 38.3 Å². The molecule has 2 amide bonds. The Bertz CT molecular complexity index is 762. The maximum absolute atomic E-state index is 13.0. The van der Waals surface area contributed by atoms with Crippen LogP contribution in [-0.2, 0) is 16.1 Å². The van der Waals surface area contributed by atoms with Crippen molar-refractivity contribution in [3.63, 3.8) is 0 Å². The summed E-state index contributed by atoms with van der Waals surface area (Å²) >= 11 is 1.38. The first-order valence-electron chi connectivity index (χ1n) is 9.73. The molecule has 2 unspecified atom stereocenters. The predicted octanol–water partition coefficient (Wildman–Crippen LogP) is 4.88. The van der Waals surface area contributed by atoms with Crippen molar-refractivity contribution in [2.75, 3.05) is 11.1 Å². The molecule has 2 rings (SSSR count). The minimum Gasteiger partial charge on any atom is -0.335 e. The zero-order chi connectivity index (χ0) is 20.5. The monoisotopic (exact) mass is 398 g/mol. The number of amides is 2. The lowest BCUT2D eigenvalue weighted by Gasteiger charge is -2.31. The van der Waals surface area contributed by atoms with E-state index in [1.165, 1.54) is 11.8 Å². The van der Waals surface area contributed by atoms with E-state index in [0.717, 1.165) is 23.2 Å². The molecule has 0 heterocycles. The van der Waals surface area contributed by atoms with Crippen LogP contribution in [0.2, 0.25) is 0 Å². The molecule has 150 valence electrons. The van der Waals surface area contributed by atoms with Crippen molar-refractivity contribution >= 4 is 29.3 Å². The molecule has 2 aromatic rings. The smallest absolute Gasteiger partial charge is 0.235 e. The summed E-state index contributed by atoms with van der Waals surface area (Å²) in [6.45, 7) is 8.64. The summed E-state index contributed by atoms with van der Waals surface area (Å²) in [6.07, 6.45) is 0.893. The Morgan fingerprint density at radius 2 is 1.68 bits per heavy atom. The van der Waals surface area contributed by atoms with Crippen LogP contribution in [0.5, 0.6) is 0 Å². The van der Waals surface area contributed by atoms with Gasteiger partial charge in [0.25, 0.3) is 0 Å². The molecule has 0 spiro atoms. The first kappa shape index (κ1) is 22.0. The van der Waals surface area contributed by atoms with E-state index in [1.807, 2.05) is 73.3 Å². The van der Waals surface area contributed by atoms with Gasteiger partial charge in [0, 0.05) is 18.3 Å². The van der Waals surface area contributed by atoms with E-state index < -0.39 is 0 Å². The van der Waals surface area contributed by atoms with Crippen LogP contribution in [0.3, 0.4) is 0 Å². The van der Waals surface area contributed by atoms with E-state index in [4.69, 9.17) is 0 Å². The molecule has 28 heavy (non-hydrogen) atoms. The molecule has 0 aromatic heterocycles. The highest BCUT2D eigenvalue weighted by atomic mass is 32.2. The molecule has 2 aromatic carbocycles. The van der Waals surface area contributed by atoms with Gasteiger partial charge in [0.05, 0.1) is 11.0 Å². The van der Waals surface area contributed by atoms with Gasteiger partial charge in [-0.3, -0.25) is 9.59 Å². The van der Waals surface area contributed by atoms with Gasteiger partial charge < -0.3 is 10.2 Å². The van der Waals surface area contributed by atoms with Gasteiger partial charge >= 0.3 is 0 Å². The normalized spacial score (nSPS) is 12.9. The quantitative estimate of drug-likeness (QED) is 0.655. The number of nitrogens with zero attached hydrogens (tertiary/aromatic N) is 1. The number of benzene rings is 2. The van der Waals surface area contributed by atoms with E-state index in [9.17, 15) is 9.59 Å². The highest BCUT2D eigenvalue weighted by Crippen LogP contribution is 2.19. The third kappa shape index (κ3) is 6.71. The Labute approximate surface area is 172 Å². The van der Waals surface area contributed by atoms with Crippen molar-refractivity contribution in [1.29, 1.82) is 0 Å². The van der Waals surface area contributed by atoms with Gasteiger partial charge in [0.1, 0.15) is 0 Å². The van der Waals surface area contributed by atoms with Crippen molar-refractivity contribution in [3.8, 4) is 0 Å². The number of rotatable bonds is 9. The van der Waals surface area contributed by atoms with Crippen molar-refractivity contribution in [2.45, 2.75) is 52.0 Å². The minimum absolute atomic E-state index is 0.0753. The summed E-state index contributed by atoms with van der Waals surface area (Å²) in [5.41, 5.74) is 3.04. The Morgan fingerprint density at radius 3 is 2.29 bits per heavy atom. The van der Waals surface area contributed by atoms with Gasteiger partial charge in [-0.2, -0.15) is 0 Å². The summed E-state index contributed by atoms with van der Waals surface area (Å²) in [6, 6.07) is 17.9. The molecule has 2 atom stereocenters. The molecule has 0 aliphatic heterocycles. The second-order valence-electron chi connectivity index (χ2n) is 7.08. The lowest BCUT2D eigenvalue weighted by atomic mass is 10.1. The van der Waals surface area contributed by atoms with Gasteiger partial charge in [-0.25, -0.2) is 0 Å². The number of nitrogens with one attached hydrogen (secondary N) is 1. The third-order valence-electron chi connectivity index (χ3n) is 4.75. The van der Waals surface area contributed by atoms with Crippen LogP contribution in [0.25, 0.3) is 0 Å². The molecule has 1 N–H and O–H groups in total. The SMILES string of the molecule is CCC(C)N(Cc1ccccc1)C(=O)C(C)SCC(=O)Nc1ccc(C)cc1. The summed E-state index contributed by atoms with van der Waals surface area (Å²) in [7, 11) is 0. The van der Waals surface area contributed by atoms with Crippen molar-refractivity contribution in [3.05, 3.63) is 65.7 Å². The molecular weight excluding hydrogens is 368 g/mol. The fourth-order valence-corrected chi connectivity index (χ4v) is 3.54. The van der Waals surface area contributed by atoms with Crippen molar-refractivity contribution in [2.24, 2.45) is 0 Å². The second kappa shape index (κ2) is 10.9. The molecule has 0 saturated heterocycles. The van der Waals surface area contributed by atoms with Crippen molar-refractivity contribution in [1.82, 2.24) is 4.90 Å². The lowest BCUT2D eigenvalue weighted by molar-refractivity contribution is -0.133. The predicted molar refractivity (Wildman–Crippen MR) is 118 cm³/mol. The van der Waals surface area contributed by atoms with Gasteiger partial charge in [-0.05, 0) is 44.9 Å². The van der Waals surface area contributed by atoms with Crippen molar-refractivity contribution < 1.29 is 9.59 Å². The van der Waals surface area contributed by atoms with Crippen LogP contribution >= 0.6 is 11.8 Å².